The van der Waals surface area contributed by atoms with E-state index >= 15 is 0 Å². The first-order valence-electron chi connectivity index (χ1n) is 7.42. The van der Waals surface area contributed by atoms with E-state index < -0.39 is 0 Å². The van der Waals surface area contributed by atoms with E-state index in [4.69, 9.17) is 4.74 Å². The van der Waals surface area contributed by atoms with E-state index in [1.807, 2.05) is 0 Å². The van der Waals surface area contributed by atoms with Crippen molar-refractivity contribution in [2.45, 2.75) is 51.0 Å². The molecule has 0 unspecified atom stereocenters. The summed E-state index contributed by atoms with van der Waals surface area (Å²) in [4.78, 5) is 2.55. The van der Waals surface area contributed by atoms with Crippen LogP contribution < -0.4 is 5.32 Å². The van der Waals surface area contributed by atoms with Gasteiger partial charge in [-0.1, -0.05) is 39.0 Å². The molecule has 3 nitrogen and oxygen atoms in total. The van der Waals surface area contributed by atoms with Gasteiger partial charge in [0.05, 0.1) is 6.61 Å². The number of rotatable bonds is 7. The predicted molar refractivity (Wildman–Crippen MR) is 71.4 cm³/mol. The topological polar surface area (TPSA) is 24.5 Å². The smallest absolute Gasteiger partial charge is 0.106 e. The monoisotopic (exact) mass is 240 g/mol. The molecule has 2 aliphatic heterocycles. The molecule has 0 aromatic heterocycles. The van der Waals surface area contributed by atoms with Crippen LogP contribution in [0.5, 0.6) is 0 Å². The van der Waals surface area contributed by atoms with Crippen molar-refractivity contribution in [1.82, 2.24) is 10.2 Å². The van der Waals surface area contributed by atoms with Crippen LogP contribution in [0.2, 0.25) is 0 Å². The molecule has 2 rings (SSSR count). The first-order valence-corrected chi connectivity index (χ1v) is 7.42. The second-order valence-corrected chi connectivity index (χ2v) is 5.69. The number of nitrogens with one attached hydrogen (secondary N) is 1. The second-order valence-electron chi connectivity index (χ2n) is 5.69. The number of morpholine rings is 1. The molecule has 2 heterocycles. The Bertz CT molecular complexity index is 206. The number of ether oxygens (including phenoxy) is 1. The van der Waals surface area contributed by atoms with E-state index in [1.54, 1.807) is 0 Å². The molecule has 0 atom stereocenters. The fraction of sp³-hybridized carbons (Fsp3) is 1.00. The van der Waals surface area contributed by atoms with Crippen LogP contribution in [0.3, 0.4) is 0 Å². The predicted octanol–water partition coefficient (Wildman–Crippen LogP) is 2.02. The zero-order valence-electron chi connectivity index (χ0n) is 11.3. The molecule has 0 bridgehead atoms. The van der Waals surface area contributed by atoms with Crippen molar-refractivity contribution in [2.75, 3.05) is 39.3 Å². The molecule has 2 saturated heterocycles. The highest BCUT2D eigenvalue weighted by Crippen LogP contribution is 2.26. The normalized spacial score (nSPS) is 23.8. The van der Waals surface area contributed by atoms with Crippen LogP contribution in [-0.4, -0.2) is 49.8 Å². The van der Waals surface area contributed by atoms with E-state index in [1.165, 1.54) is 45.1 Å². The minimum atomic E-state index is 0.181. The van der Waals surface area contributed by atoms with Crippen molar-refractivity contribution < 1.29 is 4.74 Å². The van der Waals surface area contributed by atoms with Crippen molar-refractivity contribution in [3.05, 3.63) is 0 Å². The van der Waals surface area contributed by atoms with Gasteiger partial charge in [-0.3, -0.25) is 4.90 Å². The van der Waals surface area contributed by atoms with Gasteiger partial charge in [0, 0.05) is 26.2 Å². The highest BCUT2D eigenvalue weighted by molar-refractivity contribution is 5.00. The maximum Gasteiger partial charge on any atom is 0.106 e. The zero-order chi connectivity index (χ0) is 12.0. The van der Waals surface area contributed by atoms with Crippen LogP contribution in [0.15, 0.2) is 0 Å². The lowest BCUT2D eigenvalue weighted by atomic mass is 9.92. The summed E-state index contributed by atoms with van der Waals surface area (Å²) in [6.45, 7) is 8.82. The summed E-state index contributed by atoms with van der Waals surface area (Å²) in [5.74, 6) is 0. The molecule has 1 N–H and O–H groups in total. The SMILES string of the molecule is CCCCCCCCN1CC2(CNCCO2)C1. The molecule has 3 heteroatoms. The fourth-order valence-electron chi connectivity index (χ4n) is 2.95. The van der Waals surface area contributed by atoms with Crippen LogP contribution in [0.1, 0.15) is 45.4 Å². The Balaban J connectivity index is 1.46. The number of likely N-dealkylation sites (tertiary alicyclic amines) is 1. The first kappa shape index (κ1) is 13.3. The summed E-state index contributed by atoms with van der Waals surface area (Å²) >= 11 is 0. The van der Waals surface area contributed by atoms with Crippen LogP contribution in [-0.2, 0) is 4.74 Å². The van der Waals surface area contributed by atoms with Gasteiger partial charge in [-0.15, -0.1) is 0 Å². The van der Waals surface area contributed by atoms with Crippen LogP contribution in [0, 0.1) is 0 Å². The lowest BCUT2D eigenvalue weighted by Crippen LogP contribution is -2.69. The molecule has 0 radical (unpaired) electrons. The van der Waals surface area contributed by atoms with Gasteiger partial charge in [-0.25, -0.2) is 0 Å². The second kappa shape index (κ2) is 6.72. The Morgan fingerprint density at radius 2 is 1.88 bits per heavy atom. The molecular formula is C14H28N2O. The third-order valence-corrected chi connectivity index (χ3v) is 3.99. The standard InChI is InChI=1S/C14H28N2O/c1-2-3-4-5-6-7-9-16-12-14(13-16)11-15-8-10-17-14/h15H,2-13H2,1H3. The number of nitrogens with zero attached hydrogens (tertiary/aromatic N) is 1. The van der Waals surface area contributed by atoms with Crippen molar-refractivity contribution in [3.8, 4) is 0 Å². The Morgan fingerprint density at radius 3 is 2.59 bits per heavy atom. The molecule has 0 aromatic rings. The molecule has 2 aliphatic rings. The summed E-state index contributed by atoms with van der Waals surface area (Å²) in [6, 6.07) is 0. The Hall–Kier alpha value is -0.120. The van der Waals surface area contributed by atoms with Crippen LogP contribution in [0.25, 0.3) is 0 Å². The molecule has 17 heavy (non-hydrogen) atoms. The largest absolute Gasteiger partial charge is 0.370 e. The van der Waals surface area contributed by atoms with Crippen molar-refractivity contribution in [1.29, 1.82) is 0 Å². The molecule has 2 fully saturated rings. The fourth-order valence-corrected chi connectivity index (χ4v) is 2.95. The summed E-state index contributed by atoms with van der Waals surface area (Å²) in [7, 11) is 0. The van der Waals surface area contributed by atoms with Gasteiger partial charge in [-0.2, -0.15) is 0 Å². The van der Waals surface area contributed by atoms with E-state index in [0.717, 1.165) is 32.8 Å². The van der Waals surface area contributed by atoms with E-state index in [-0.39, 0.29) is 5.60 Å². The highest BCUT2D eigenvalue weighted by atomic mass is 16.5. The third kappa shape index (κ3) is 3.94. The molecular weight excluding hydrogens is 212 g/mol. The quantitative estimate of drug-likeness (QED) is 0.689. The summed E-state index contributed by atoms with van der Waals surface area (Å²) < 4.78 is 5.89. The Kier molecular flexibility index (Phi) is 5.26. The van der Waals surface area contributed by atoms with Gasteiger partial charge in [0.15, 0.2) is 0 Å². The summed E-state index contributed by atoms with van der Waals surface area (Å²) in [5, 5.41) is 3.44. The van der Waals surface area contributed by atoms with Gasteiger partial charge >= 0.3 is 0 Å². The van der Waals surface area contributed by atoms with Crippen molar-refractivity contribution in [3.63, 3.8) is 0 Å². The first-order chi connectivity index (χ1) is 8.35. The molecule has 0 aliphatic carbocycles. The van der Waals surface area contributed by atoms with Gasteiger partial charge in [0.1, 0.15) is 5.60 Å². The van der Waals surface area contributed by atoms with Crippen molar-refractivity contribution in [2.24, 2.45) is 0 Å². The van der Waals surface area contributed by atoms with Gasteiger partial charge in [-0.05, 0) is 13.0 Å². The minimum Gasteiger partial charge on any atom is -0.370 e. The minimum absolute atomic E-state index is 0.181. The maximum absolute atomic E-state index is 5.89. The molecule has 1 spiro atoms. The average Bonchev–Trinajstić information content (AvgIpc) is 2.32. The number of hydrogen-bond acceptors (Lipinski definition) is 3. The van der Waals surface area contributed by atoms with E-state index in [0.29, 0.717) is 0 Å². The Labute approximate surface area is 106 Å². The molecule has 100 valence electrons. The maximum atomic E-state index is 5.89. The lowest BCUT2D eigenvalue weighted by molar-refractivity contribution is -0.155. The van der Waals surface area contributed by atoms with E-state index in [2.05, 4.69) is 17.1 Å². The molecule has 0 amide bonds. The third-order valence-electron chi connectivity index (χ3n) is 3.99. The Morgan fingerprint density at radius 1 is 1.12 bits per heavy atom. The van der Waals surface area contributed by atoms with E-state index in [9.17, 15) is 0 Å². The highest BCUT2D eigenvalue weighted by Gasteiger charge is 2.44. The van der Waals surface area contributed by atoms with Gasteiger partial charge in [0.2, 0.25) is 0 Å². The van der Waals surface area contributed by atoms with Crippen LogP contribution in [0.4, 0.5) is 0 Å². The van der Waals surface area contributed by atoms with Gasteiger partial charge < -0.3 is 10.1 Å². The number of hydrogen-bond donors (Lipinski definition) is 1. The number of unbranched alkanes of at least 4 members (excludes halogenated alkanes) is 5. The lowest BCUT2D eigenvalue weighted by Gasteiger charge is -2.51. The average molecular weight is 240 g/mol. The zero-order valence-corrected chi connectivity index (χ0v) is 11.3. The van der Waals surface area contributed by atoms with Crippen molar-refractivity contribution >= 4 is 0 Å². The summed E-state index contributed by atoms with van der Waals surface area (Å²) in [6.07, 6.45) is 8.37. The molecule has 0 aromatic carbocycles. The van der Waals surface area contributed by atoms with Crippen LogP contribution >= 0.6 is 0 Å². The summed E-state index contributed by atoms with van der Waals surface area (Å²) in [5.41, 5.74) is 0.181. The van der Waals surface area contributed by atoms with Gasteiger partial charge in [0.25, 0.3) is 0 Å². The molecule has 0 saturated carbocycles.